The summed E-state index contributed by atoms with van der Waals surface area (Å²) >= 11 is 5.30. The first-order chi connectivity index (χ1) is 9.10. The summed E-state index contributed by atoms with van der Waals surface area (Å²) in [6.07, 6.45) is 0. The molecule has 0 unspecified atom stereocenters. The number of benzene rings is 1. The zero-order chi connectivity index (χ0) is 13.8. The molecule has 1 N–H and O–H groups in total. The predicted molar refractivity (Wildman–Crippen MR) is 88.1 cm³/mol. The first-order valence-corrected chi connectivity index (χ1v) is 7.95. The van der Waals surface area contributed by atoms with Crippen LogP contribution in [0.3, 0.4) is 0 Å². The van der Waals surface area contributed by atoms with Crippen LogP contribution in [0.1, 0.15) is 16.0 Å². The fourth-order valence-electron chi connectivity index (χ4n) is 2.22. The number of aryl methyl sites for hydroxylation is 1. The number of anilines is 1. The van der Waals surface area contributed by atoms with E-state index in [0.29, 0.717) is 0 Å². The highest BCUT2D eigenvalue weighted by atomic mass is 79.9. The van der Waals surface area contributed by atoms with Crippen LogP contribution in [0.25, 0.3) is 0 Å². The van der Waals surface area contributed by atoms with E-state index < -0.39 is 0 Å². The van der Waals surface area contributed by atoms with Crippen LogP contribution in [0.4, 0.5) is 5.69 Å². The Morgan fingerprint density at radius 3 is 2.68 bits per heavy atom. The van der Waals surface area contributed by atoms with Gasteiger partial charge in [-0.1, -0.05) is 12.1 Å². The Labute approximate surface area is 127 Å². The average Bonchev–Trinajstić information content (AvgIpc) is 2.75. The molecule has 0 atom stereocenters. The van der Waals surface area contributed by atoms with Gasteiger partial charge in [0.05, 0.1) is 6.54 Å². The molecule has 0 saturated carbocycles. The number of nitrogens with one attached hydrogen (secondary N) is 1. The van der Waals surface area contributed by atoms with Crippen molar-refractivity contribution in [1.82, 2.24) is 5.32 Å². The lowest BCUT2D eigenvalue weighted by Crippen LogP contribution is -2.17. The summed E-state index contributed by atoms with van der Waals surface area (Å²) in [5.74, 6) is 0. The fraction of sp³-hybridized carbons (Fsp3) is 0.333. The van der Waals surface area contributed by atoms with Gasteiger partial charge in [-0.05, 0) is 53.2 Å². The normalized spacial score (nSPS) is 10.7. The maximum atomic E-state index is 3.50. The van der Waals surface area contributed by atoms with Gasteiger partial charge in [0.2, 0.25) is 0 Å². The summed E-state index contributed by atoms with van der Waals surface area (Å²) in [7, 11) is 4.12. The third kappa shape index (κ3) is 3.81. The van der Waals surface area contributed by atoms with Gasteiger partial charge in [-0.2, -0.15) is 0 Å². The van der Waals surface area contributed by atoms with Gasteiger partial charge in [0.1, 0.15) is 0 Å². The molecule has 0 radical (unpaired) electrons. The number of halogens is 1. The minimum Gasteiger partial charge on any atom is -0.369 e. The fourth-order valence-corrected chi connectivity index (χ4v) is 3.72. The number of thiophene rings is 1. The van der Waals surface area contributed by atoms with Crippen molar-refractivity contribution >= 4 is 33.0 Å². The molecule has 0 amide bonds. The van der Waals surface area contributed by atoms with Crippen LogP contribution >= 0.6 is 27.3 Å². The molecule has 0 fully saturated rings. The third-order valence-electron chi connectivity index (χ3n) is 3.07. The van der Waals surface area contributed by atoms with E-state index in [1.165, 1.54) is 26.2 Å². The molecule has 0 aliphatic heterocycles. The van der Waals surface area contributed by atoms with Gasteiger partial charge >= 0.3 is 0 Å². The van der Waals surface area contributed by atoms with E-state index in [9.17, 15) is 0 Å². The molecule has 0 saturated heterocycles. The Morgan fingerprint density at radius 1 is 1.32 bits per heavy atom. The third-order valence-corrected chi connectivity index (χ3v) is 4.75. The smallest absolute Gasteiger partial charge is 0.0520 e. The second-order valence-electron chi connectivity index (χ2n) is 4.74. The number of hydrogen-bond donors (Lipinski definition) is 1. The lowest BCUT2D eigenvalue weighted by Gasteiger charge is -2.21. The molecule has 0 spiro atoms. The quantitative estimate of drug-likeness (QED) is 0.879. The van der Waals surface area contributed by atoms with Gasteiger partial charge in [0.25, 0.3) is 0 Å². The van der Waals surface area contributed by atoms with Crippen molar-refractivity contribution in [2.75, 3.05) is 19.0 Å². The van der Waals surface area contributed by atoms with E-state index in [1.54, 1.807) is 11.3 Å². The van der Waals surface area contributed by atoms with Crippen LogP contribution < -0.4 is 10.2 Å². The molecule has 1 aromatic carbocycles. The van der Waals surface area contributed by atoms with Gasteiger partial charge < -0.3 is 10.2 Å². The van der Waals surface area contributed by atoms with Crippen molar-refractivity contribution in [2.45, 2.75) is 20.0 Å². The Kier molecular flexibility index (Phi) is 5.02. The first-order valence-electron chi connectivity index (χ1n) is 6.28. The standard InChI is InChI=1S/C15H19BrN2S/c1-11-6-12(8-17-2)4-5-15(11)18(3)9-14-7-13(16)10-19-14/h4-7,10,17H,8-9H2,1-3H3. The molecule has 0 bridgehead atoms. The summed E-state index contributed by atoms with van der Waals surface area (Å²) in [5.41, 5.74) is 3.95. The van der Waals surface area contributed by atoms with Crippen LogP contribution in [-0.2, 0) is 13.1 Å². The topological polar surface area (TPSA) is 15.3 Å². The van der Waals surface area contributed by atoms with Crippen molar-refractivity contribution < 1.29 is 0 Å². The highest BCUT2D eigenvalue weighted by Crippen LogP contribution is 2.25. The van der Waals surface area contributed by atoms with Crippen molar-refractivity contribution in [3.05, 3.63) is 50.1 Å². The summed E-state index contributed by atoms with van der Waals surface area (Å²) in [5, 5.41) is 5.32. The molecule has 1 heterocycles. The Balaban J connectivity index is 2.12. The predicted octanol–water partition coefficient (Wildman–Crippen LogP) is 4.17. The molecule has 0 aliphatic carbocycles. The molecular formula is C15H19BrN2S. The first kappa shape index (κ1) is 14.6. The second kappa shape index (κ2) is 6.55. The number of nitrogens with zero attached hydrogens (tertiary/aromatic N) is 1. The maximum absolute atomic E-state index is 3.50. The van der Waals surface area contributed by atoms with E-state index in [2.05, 4.69) is 69.8 Å². The van der Waals surface area contributed by atoms with E-state index in [4.69, 9.17) is 0 Å². The number of rotatable bonds is 5. The largest absolute Gasteiger partial charge is 0.369 e. The molecular weight excluding hydrogens is 320 g/mol. The highest BCUT2D eigenvalue weighted by Gasteiger charge is 2.07. The Morgan fingerprint density at radius 2 is 2.11 bits per heavy atom. The molecule has 1 aromatic heterocycles. The monoisotopic (exact) mass is 338 g/mol. The van der Waals surface area contributed by atoms with Crippen molar-refractivity contribution in [2.24, 2.45) is 0 Å². The molecule has 102 valence electrons. The van der Waals surface area contributed by atoms with E-state index in [-0.39, 0.29) is 0 Å². The summed E-state index contributed by atoms with van der Waals surface area (Å²) < 4.78 is 1.17. The van der Waals surface area contributed by atoms with Gasteiger partial charge in [-0.25, -0.2) is 0 Å². The molecule has 2 rings (SSSR count). The SMILES string of the molecule is CNCc1ccc(N(C)Cc2cc(Br)cs2)c(C)c1. The van der Waals surface area contributed by atoms with Gasteiger partial charge in [0, 0.05) is 34.0 Å². The lowest BCUT2D eigenvalue weighted by atomic mass is 10.1. The maximum Gasteiger partial charge on any atom is 0.0520 e. The van der Waals surface area contributed by atoms with E-state index >= 15 is 0 Å². The Bertz CT molecular complexity index is 551. The summed E-state index contributed by atoms with van der Waals surface area (Å²) in [6.45, 7) is 4.04. The molecule has 2 nitrogen and oxygen atoms in total. The van der Waals surface area contributed by atoms with Crippen LogP contribution in [-0.4, -0.2) is 14.1 Å². The summed E-state index contributed by atoms with van der Waals surface area (Å²) in [4.78, 5) is 3.67. The van der Waals surface area contributed by atoms with Crippen molar-refractivity contribution in [3.63, 3.8) is 0 Å². The van der Waals surface area contributed by atoms with Gasteiger partial charge in [0.15, 0.2) is 0 Å². The summed E-state index contributed by atoms with van der Waals surface area (Å²) in [6, 6.07) is 8.85. The van der Waals surface area contributed by atoms with Crippen LogP contribution in [0, 0.1) is 6.92 Å². The molecule has 0 aliphatic rings. The van der Waals surface area contributed by atoms with Gasteiger partial charge in [-0.15, -0.1) is 11.3 Å². The van der Waals surface area contributed by atoms with Crippen LogP contribution in [0.15, 0.2) is 34.1 Å². The zero-order valence-electron chi connectivity index (χ0n) is 11.5. The number of hydrogen-bond acceptors (Lipinski definition) is 3. The highest BCUT2D eigenvalue weighted by molar-refractivity contribution is 9.10. The van der Waals surface area contributed by atoms with Crippen molar-refractivity contribution in [3.8, 4) is 0 Å². The molecule has 2 aromatic rings. The van der Waals surface area contributed by atoms with Crippen LogP contribution in [0.2, 0.25) is 0 Å². The molecule has 4 heteroatoms. The minimum absolute atomic E-state index is 0.919. The lowest BCUT2D eigenvalue weighted by molar-refractivity contribution is 0.816. The van der Waals surface area contributed by atoms with E-state index in [1.807, 2.05) is 7.05 Å². The van der Waals surface area contributed by atoms with Gasteiger partial charge in [-0.3, -0.25) is 0 Å². The Hall–Kier alpha value is -0.840. The minimum atomic E-state index is 0.919. The van der Waals surface area contributed by atoms with Crippen molar-refractivity contribution in [1.29, 1.82) is 0 Å². The average molecular weight is 339 g/mol. The second-order valence-corrected chi connectivity index (χ2v) is 6.65. The van der Waals surface area contributed by atoms with E-state index in [0.717, 1.165) is 13.1 Å². The van der Waals surface area contributed by atoms with Crippen LogP contribution in [0.5, 0.6) is 0 Å². The zero-order valence-corrected chi connectivity index (χ0v) is 13.9. The molecule has 19 heavy (non-hydrogen) atoms.